The maximum Gasteiger partial charge on any atom is 0.236 e. The van der Waals surface area contributed by atoms with Crippen LogP contribution in [0.5, 0.6) is 0 Å². The fourth-order valence-electron chi connectivity index (χ4n) is 3.42. The van der Waals surface area contributed by atoms with Crippen LogP contribution in [0.3, 0.4) is 0 Å². The molecule has 2 bridgehead atoms. The van der Waals surface area contributed by atoms with Crippen molar-refractivity contribution < 1.29 is 4.79 Å². The Morgan fingerprint density at radius 3 is 2.63 bits per heavy atom. The molecule has 0 saturated carbocycles. The van der Waals surface area contributed by atoms with Gasteiger partial charge in [-0.2, -0.15) is 5.10 Å². The van der Waals surface area contributed by atoms with Crippen molar-refractivity contribution >= 4 is 11.7 Å². The normalized spacial score (nSPS) is 17.8. The van der Waals surface area contributed by atoms with Gasteiger partial charge in [0.05, 0.1) is 12.7 Å². The number of carbonyl (C=O) groups excluding carboxylic acids is 1. The number of amides is 1. The molecule has 0 unspecified atom stereocenters. The number of aryl methyl sites for hydroxylation is 2. The topological polar surface area (TPSA) is 57.5 Å². The van der Waals surface area contributed by atoms with Gasteiger partial charge in [0.25, 0.3) is 0 Å². The van der Waals surface area contributed by atoms with E-state index in [1.54, 1.807) is 4.68 Å². The Morgan fingerprint density at radius 1 is 1.04 bits per heavy atom. The Labute approximate surface area is 161 Å². The highest BCUT2D eigenvalue weighted by Crippen LogP contribution is 2.13. The molecule has 0 aliphatic carbocycles. The van der Waals surface area contributed by atoms with Crippen LogP contribution in [-0.4, -0.2) is 70.7 Å². The summed E-state index contributed by atoms with van der Waals surface area (Å²) in [5.74, 6) is 1.18. The van der Waals surface area contributed by atoms with Gasteiger partial charge in [-0.15, -0.1) is 0 Å². The third-order valence-electron chi connectivity index (χ3n) is 5.03. The number of pyridine rings is 1. The minimum Gasteiger partial charge on any atom is -0.360 e. The molecule has 0 atom stereocenters. The molecular formula is C20H30N6O. The van der Waals surface area contributed by atoms with Crippen LogP contribution in [0.15, 0.2) is 30.6 Å². The Kier molecular flexibility index (Phi) is 6.45. The van der Waals surface area contributed by atoms with Crippen LogP contribution >= 0.6 is 0 Å². The van der Waals surface area contributed by atoms with Crippen molar-refractivity contribution in [3.63, 3.8) is 0 Å². The monoisotopic (exact) mass is 370 g/mol. The Hall–Kier alpha value is -2.41. The second kappa shape index (κ2) is 8.99. The van der Waals surface area contributed by atoms with Gasteiger partial charge in [0, 0.05) is 58.2 Å². The third kappa shape index (κ3) is 5.53. The summed E-state index contributed by atoms with van der Waals surface area (Å²) in [6, 6.07) is 6.23. The molecule has 7 nitrogen and oxygen atoms in total. The first-order valence-electron chi connectivity index (χ1n) is 9.62. The molecule has 0 N–H and O–H groups in total. The Balaban J connectivity index is 1.73. The van der Waals surface area contributed by atoms with Gasteiger partial charge in [-0.05, 0) is 37.9 Å². The van der Waals surface area contributed by atoms with Crippen molar-refractivity contribution in [2.75, 3.05) is 45.2 Å². The SMILES string of the molecule is CN1CCCN(C)c2cccc(n2)CCCN(Cc2cnn(C)c2)CC1=O. The van der Waals surface area contributed by atoms with Crippen LogP contribution in [0.1, 0.15) is 24.1 Å². The fourth-order valence-corrected chi connectivity index (χ4v) is 3.42. The lowest BCUT2D eigenvalue weighted by Gasteiger charge is -2.26. The minimum atomic E-state index is 0.176. The molecule has 27 heavy (non-hydrogen) atoms. The van der Waals surface area contributed by atoms with Gasteiger partial charge in [-0.1, -0.05) is 6.07 Å². The zero-order chi connectivity index (χ0) is 19.2. The molecule has 1 amide bonds. The maximum absolute atomic E-state index is 12.7. The smallest absolute Gasteiger partial charge is 0.236 e. The number of hydrogen-bond acceptors (Lipinski definition) is 5. The molecule has 3 heterocycles. The van der Waals surface area contributed by atoms with E-state index < -0.39 is 0 Å². The lowest BCUT2D eigenvalue weighted by molar-refractivity contribution is -0.131. The number of anilines is 1. The molecule has 0 fully saturated rings. The summed E-state index contributed by atoms with van der Waals surface area (Å²) in [4.78, 5) is 23.7. The molecule has 1 aliphatic heterocycles. The summed E-state index contributed by atoms with van der Waals surface area (Å²) in [6.07, 6.45) is 6.70. The van der Waals surface area contributed by atoms with Crippen LogP contribution in [0.4, 0.5) is 5.82 Å². The van der Waals surface area contributed by atoms with Crippen LogP contribution in [0, 0.1) is 0 Å². The van der Waals surface area contributed by atoms with Crippen molar-refractivity contribution in [3.8, 4) is 0 Å². The molecule has 0 radical (unpaired) electrons. The molecule has 1 aliphatic rings. The first-order valence-corrected chi connectivity index (χ1v) is 9.62. The largest absolute Gasteiger partial charge is 0.360 e. The van der Waals surface area contributed by atoms with Crippen LogP contribution in [0.25, 0.3) is 0 Å². The lowest BCUT2D eigenvalue weighted by atomic mass is 10.2. The second-order valence-electron chi connectivity index (χ2n) is 7.41. The number of hydrogen-bond donors (Lipinski definition) is 0. The molecule has 2 aromatic rings. The summed E-state index contributed by atoms with van der Waals surface area (Å²) in [6.45, 7) is 3.67. The molecule has 146 valence electrons. The van der Waals surface area contributed by atoms with Crippen molar-refractivity contribution in [2.45, 2.75) is 25.8 Å². The Bertz CT molecular complexity index is 758. The number of aromatic nitrogens is 3. The van der Waals surface area contributed by atoms with Crippen molar-refractivity contribution in [2.24, 2.45) is 7.05 Å². The van der Waals surface area contributed by atoms with E-state index >= 15 is 0 Å². The molecule has 3 rings (SSSR count). The molecule has 0 spiro atoms. The van der Waals surface area contributed by atoms with Gasteiger partial charge >= 0.3 is 0 Å². The maximum atomic E-state index is 12.7. The molecule has 7 heteroatoms. The highest BCUT2D eigenvalue weighted by molar-refractivity contribution is 5.78. The van der Waals surface area contributed by atoms with Gasteiger partial charge in [0.1, 0.15) is 5.82 Å². The van der Waals surface area contributed by atoms with E-state index in [1.807, 2.05) is 31.4 Å². The first kappa shape index (κ1) is 19.4. The van der Waals surface area contributed by atoms with Gasteiger partial charge in [-0.25, -0.2) is 4.98 Å². The summed E-state index contributed by atoms with van der Waals surface area (Å²) in [5, 5.41) is 4.25. The van der Waals surface area contributed by atoms with Gasteiger partial charge < -0.3 is 9.80 Å². The van der Waals surface area contributed by atoms with Crippen LogP contribution in [0.2, 0.25) is 0 Å². The third-order valence-corrected chi connectivity index (χ3v) is 5.03. The second-order valence-corrected chi connectivity index (χ2v) is 7.41. The molecule has 0 aromatic carbocycles. The number of rotatable bonds is 2. The predicted molar refractivity (Wildman–Crippen MR) is 107 cm³/mol. The average Bonchev–Trinajstić information content (AvgIpc) is 3.05. The number of nitrogens with zero attached hydrogens (tertiary/aromatic N) is 6. The zero-order valence-corrected chi connectivity index (χ0v) is 16.6. The van der Waals surface area contributed by atoms with Crippen LogP contribution < -0.4 is 4.90 Å². The average molecular weight is 371 g/mol. The van der Waals surface area contributed by atoms with Gasteiger partial charge in [0.15, 0.2) is 0 Å². The van der Waals surface area contributed by atoms with E-state index in [4.69, 9.17) is 4.98 Å². The van der Waals surface area contributed by atoms with Crippen molar-refractivity contribution in [3.05, 3.63) is 41.9 Å². The lowest BCUT2D eigenvalue weighted by Crippen LogP contribution is -2.39. The number of carbonyl (C=O) groups is 1. The van der Waals surface area contributed by atoms with E-state index in [9.17, 15) is 4.79 Å². The minimum absolute atomic E-state index is 0.176. The number of fused-ring (bicyclic) bond motifs is 2. The number of likely N-dealkylation sites (N-methyl/N-ethyl adjacent to an activating group) is 1. The van der Waals surface area contributed by atoms with Gasteiger partial charge in [0.2, 0.25) is 5.91 Å². The van der Waals surface area contributed by atoms with E-state index in [1.165, 1.54) is 0 Å². The fraction of sp³-hybridized carbons (Fsp3) is 0.550. The van der Waals surface area contributed by atoms with E-state index in [0.717, 1.165) is 62.5 Å². The highest BCUT2D eigenvalue weighted by atomic mass is 16.2. The predicted octanol–water partition coefficient (Wildman–Crippen LogP) is 1.55. The molecule has 0 saturated heterocycles. The van der Waals surface area contributed by atoms with Crippen LogP contribution in [-0.2, 0) is 24.8 Å². The molecular weight excluding hydrogens is 340 g/mol. The first-order chi connectivity index (χ1) is 13.0. The summed E-state index contributed by atoms with van der Waals surface area (Å²) in [5.41, 5.74) is 2.25. The van der Waals surface area contributed by atoms with E-state index in [2.05, 4.69) is 40.1 Å². The Morgan fingerprint density at radius 2 is 1.85 bits per heavy atom. The van der Waals surface area contributed by atoms with E-state index in [-0.39, 0.29) is 5.91 Å². The van der Waals surface area contributed by atoms with E-state index in [0.29, 0.717) is 6.54 Å². The summed E-state index contributed by atoms with van der Waals surface area (Å²) < 4.78 is 1.80. The quantitative estimate of drug-likeness (QED) is 0.803. The molecule has 2 aromatic heterocycles. The summed E-state index contributed by atoms with van der Waals surface area (Å²) in [7, 11) is 5.88. The van der Waals surface area contributed by atoms with Crippen molar-refractivity contribution in [1.29, 1.82) is 0 Å². The highest BCUT2D eigenvalue weighted by Gasteiger charge is 2.16. The van der Waals surface area contributed by atoms with Crippen molar-refractivity contribution in [1.82, 2.24) is 24.6 Å². The standard InChI is InChI=1S/C20H30N6O/c1-23-10-6-11-24(2)20(27)16-26(15-17-13-21-25(3)14-17)12-5-8-18-7-4-9-19(23)22-18/h4,7,9,13-14H,5-6,8,10-12,15-16H2,1-3H3. The summed E-state index contributed by atoms with van der Waals surface area (Å²) >= 11 is 0. The zero-order valence-electron chi connectivity index (χ0n) is 16.6. The van der Waals surface area contributed by atoms with Gasteiger partial charge in [-0.3, -0.25) is 14.4 Å².